The first-order valence-corrected chi connectivity index (χ1v) is 6.59. The van der Waals surface area contributed by atoms with Gasteiger partial charge in [0.25, 0.3) is 0 Å². The number of hydrogen-bond donors (Lipinski definition) is 1. The third kappa shape index (κ3) is 2.82. The first kappa shape index (κ1) is 12.9. The summed E-state index contributed by atoms with van der Waals surface area (Å²) in [6, 6.07) is 8.65. The second kappa shape index (κ2) is 5.87. The average molecular weight is 243 g/mol. The quantitative estimate of drug-likeness (QED) is 0.763. The topological polar surface area (TPSA) is 25.2 Å². The van der Waals surface area contributed by atoms with Crippen molar-refractivity contribution in [3.05, 3.63) is 48.2 Å². The summed E-state index contributed by atoms with van der Waals surface area (Å²) in [4.78, 5) is 0. The molecule has 0 bridgehead atoms. The molecule has 2 aromatic rings. The Bertz CT molecular complexity index is 527. The van der Waals surface area contributed by atoms with Crippen molar-refractivity contribution < 1.29 is 4.42 Å². The second-order valence-electron chi connectivity index (χ2n) is 4.72. The Hall–Kier alpha value is -1.54. The van der Waals surface area contributed by atoms with Crippen molar-refractivity contribution in [1.29, 1.82) is 0 Å². The molecule has 2 heteroatoms. The first-order valence-electron chi connectivity index (χ1n) is 6.59. The van der Waals surface area contributed by atoms with Gasteiger partial charge in [-0.2, -0.15) is 0 Å². The number of rotatable bonds is 6. The van der Waals surface area contributed by atoms with E-state index < -0.39 is 0 Å². The van der Waals surface area contributed by atoms with Gasteiger partial charge in [0.05, 0.1) is 6.04 Å². The van der Waals surface area contributed by atoms with Crippen molar-refractivity contribution in [2.45, 2.75) is 32.7 Å². The lowest BCUT2D eigenvalue weighted by atomic mass is 10.1. The van der Waals surface area contributed by atoms with E-state index in [0.717, 1.165) is 30.7 Å². The minimum atomic E-state index is 0.232. The fourth-order valence-corrected chi connectivity index (χ4v) is 2.14. The molecule has 0 aliphatic carbocycles. The third-order valence-electron chi connectivity index (χ3n) is 3.08. The molecule has 1 N–H and O–H groups in total. The lowest BCUT2D eigenvalue weighted by Crippen LogP contribution is -2.21. The summed E-state index contributed by atoms with van der Waals surface area (Å²) >= 11 is 0. The van der Waals surface area contributed by atoms with Crippen LogP contribution in [-0.4, -0.2) is 6.54 Å². The van der Waals surface area contributed by atoms with Crippen molar-refractivity contribution in [1.82, 2.24) is 5.32 Å². The molecule has 1 atom stereocenters. The Morgan fingerprint density at radius 2 is 2.22 bits per heavy atom. The SMILES string of the molecule is C=CCC(NCCC)c1cc2cc(C)ccc2o1. The maximum atomic E-state index is 5.92. The van der Waals surface area contributed by atoms with Gasteiger partial charge in [-0.15, -0.1) is 6.58 Å². The Morgan fingerprint density at radius 1 is 1.39 bits per heavy atom. The molecule has 0 amide bonds. The van der Waals surface area contributed by atoms with Gasteiger partial charge < -0.3 is 9.73 Å². The molecule has 1 aromatic carbocycles. The van der Waals surface area contributed by atoms with Crippen LogP contribution < -0.4 is 5.32 Å². The van der Waals surface area contributed by atoms with Crippen LogP contribution in [0.15, 0.2) is 41.3 Å². The molecule has 2 nitrogen and oxygen atoms in total. The minimum Gasteiger partial charge on any atom is -0.459 e. The molecule has 1 unspecified atom stereocenters. The third-order valence-corrected chi connectivity index (χ3v) is 3.08. The highest BCUT2D eigenvalue weighted by molar-refractivity contribution is 5.78. The molecule has 0 saturated carbocycles. The normalized spacial score (nSPS) is 12.8. The van der Waals surface area contributed by atoms with Crippen molar-refractivity contribution in [3.8, 4) is 0 Å². The van der Waals surface area contributed by atoms with Crippen LogP contribution in [0, 0.1) is 6.92 Å². The van der Waals surface area contributed by atoms with E-state index in [9.17, 15) is 0 Å². The van der Waals surface area contributed by atoms with Crippen LogP contribution in [0.5, 0.6) is 0 Å². The van der Waals surface area contributed by atoms with Crippen molar-refractivity contribution in [2.24, 2.45) is 0 Å². The predicted octanol–water partition coefficient (Wildman–Crippen LogP) is 4.36. The van der Waals surface area contributed by atoms with E-state index in [-0.39, 0.29) is 6.04 Å². The molecule has 0 radical (unpaired) electrons. The summed E-state index contributed by atoms with van der Waals surface area (Å²) in [5, 5.41) is 4.68. The Labute approximate surface area is 109 Å². The highest BCUT2D eigenvalue weighted by Gasteiger charge is 2.14. The molecule has 1 aromatic heterocycles. The van der Waals surface area contributed by atoms with Crippen LogP contribution >= 0.6 is 0 Å². The monoisotopic (exact) mass is 243 g/mol. The molecule has 0 spiro atoms. The van der Waals surface area contributed by atoms with Crippen LogP contribution in [-0.2, 0) is 0 Å². The van der Waals surface area contributed by atoms with Crippen LogP contribution in [0.4, 0.5) is 0 Å². The van der Waals surface area contributed by atoms with Gasteiger partial charge in [-0.1, -0.05) is 24.6 Å². The predicted molar refractivity (Wildman–Crippen MR) is 76.8 cm³/mol. The lowest BCUT2D eigenvalue weighted by Gasteiger charge is -2.13. The van der Waals surface area contributed by atoms with Crippen LogP contribution in [0.2, 0.25) is 0 Å². The maximum Gasteiger partial charge on any atom is 0.134 e. The van der Waals surface area contributed by atoms with E-state index in [0.29, 0.717) is 0 Å². The largest absolute Gasteiger partial charge is 0.459 e. The van der Waals surface area contributed by atoms with Crippen LogP contribution in [0.3, 0.4) is 0 Å². The van der Waals surface area contributed by atoms with Gasteiger partial charge in [-0.05, 0) is 44.5 Å². The Morgan fingerprint density at radius 3 is 2.94 bits per heavy atom. The zero-order valence-electron chi connectivity index (χ0n) is 11.2. The molecule has 0 aliphatic heterocycles. The van der Waals surface area contributed by atoms with Crippen LogP contribution in [0.1, 0.15) is 37.1 Å². The van der Waals surface area contributed by atoms with Gasteiger partial charge >= 0.3 is 0 Å². The number of hydrogen-bond acceptors (Lipinski definition) is 2. The van der Waals surface area contributed by atoms with Crippen molar-refractivity contribution in [3.63, 3.8) is 0 Å². The average Bonchev–Trinajstić information content (AvgIpc) is 2.77. The molecule has 2 rings (SSSR count). The second-order valence-corrected chi connectivity index (χ2v) is 4.72. The van der Waals surface area contributed by atoms with Gasteiger partial charge in [-0.25, -0.2) is 0 Å². The Balaban J connectivity index is 2.28. The number of benzene rings is 1. The lowest BCUT2D eigenvalue weighted by molar-refractivity contribution is 0.432. The summed E-state index contributed by atoms with van der Waals surface area (Å²) in [5.74, 6) is 1.00. The molecular weight excluding hydrogens is 222 g/mol. The number of furan rings is 1. The molecular formula is C16H21NO. The summed E-state index contributed by atoms with van der Waals surface area (Å²) in [7, 11) is 0. The van der Waals surface area contributed by atoms with Gasteiger partial charge in [0.2, 0.25) is 0 Å². The first-order chi connectivity index (χ1) is 8.74. The van der Waals surface area contributed by atoms with Crippen LogP contribution in [0.25, 0.3) is 11.0 Å². The molecule has 18 heavy (non-hydrogen) atoms. The minimum absolute atomic E-state index is 0.232. The van der Waals surface area contributed by atoms with E-state index in [2.05, 4.69) is 43.9 Å². The van der Waals surface area contributed by atoms with Gasteiger partial charge in [-0.3, -0.25) is 0 Å². The van der Waals surface area contributed by atoms with E-state index in [1.54, 1.807) is 0 Å². The highest BCUT2D eigenvalue weighted by atomic mass is 16.3. The fourth-order valence-electron chi connectivity index (χ4n) is 2.14. The molecule has 0 fully saturated rings. The number of nitrogens with one attached hydrogen (secondary N) is 1. The number of fused-ring (bicyclic) bond motifs is 1. The molecule has 1 heterocycles. The van der Waals surface area contributed by atoms with E-state index in [1.165, 1.54) is 10.9 Å². The van der Waals surface area contributed by atoms with Crippen molar-refractivity contribution >= 4 is 11.0 Å². The van der Waals surface area contributed by atoms with Crippen molar-refractivity contribution in [2.75, 3.05) is 6.54 Å². The molecule has 96 valence electrons. The standard InChI is InChI=1S/C16H21NO/c1-4-6-14(17-9-5-2)16-11-13-10-12(3)7-8-15(13)18-16/h4,7-8,10-11,14,17H,1,5-6,9H2,2-3H3. The molecule has 0 saturated heterocycles. The van der Waals surface area contributed by atoms with Gasteiger partial charge in [0, 0.05) is 5.39 Å². The summed E-state index contributed by atoms with van der Waals surface area (Å²) in [6.07, 6.45) is 3.94. The van der Waals surface area contributed by atoms with Gasteiger partial charge in [0.15, 0.2) is 0 Å². The summed E-state index contributed by atoms with van der Waals surface area (Å²) in [5.41, 5.74) is 2.22. The smallest absolute Gasteiger partial charge is 0.134 e. The summed E-state index contributed by atoms with van der Waals surface area (Å²) < 4.78 is 5.92. The molecule has 0 aliphatic rings. The highest BCUT2D eigenvalue weighted by Crippen LogP contribution is 2.26. The Kier molecular flexibility index (Phi) is 4.21. The zero-order valence-corrected chi connectivity index (χ0v) is 11.2. The number of aryl methyl sites for hydroxylation is 1. The van der Waals surface area contributed by atoms with E-state index >= 15 is 0 Å². The summed E-state index contributed by atoms with van der Waals surface area (Å²) in [6.45, 7) is 9.08. The maximum absolute atomic E-state index is 5.92. The van der Waals surface area contributed by atoms with E-state index in [1.807, 2.05) is 12.1 Å². The fraction of sp³-hybridized carbons (Fsp3) is 0.375. The van der Waals surface area contributed by atoms with E-state index in [4.69, 9.17) is 4.42 Å². The van der Waals surface area contributed by atoms with Gasteiger partial charge in [0.1, 0.15) is 11.3 Å². The zero-order chi connectivity index (χ0) is 13.0.